The van der Waals surface area contributed by atoms with Crippen molar-refractivity contribution in [1.29, 1.82) is 0 Å². The molecule has 1 aromatic heterocycles. The summed E-state index contributed by atoms with van der Waals surface area (Å²) in [6, 6.07) is 14.8. The van der Waals surface area contributed by atoms with Gasteiger partial charge in [-0.05, 0) is 28.5 Å². The number of nitrogens with zero attached hydrogens (tertiary/aromatic N) is 2. The number of anilines is 1. The van der Waals surface area contributed by atoms with Crippen LogP contribution in [0.3, 0.4) is 0 Å². The Balaban J connectivity index is 1.93. The second-order valence-electron chi connectivity index (χ2n) is 9.68. The monoisotopic (exact) mass is 418 g/mol. The van der Waals surface area contributed by atoms with Crippen LogP contribution in [0.5, 0.6) is 5.75 Å². The minimum absolute atomic E-state index is 0.224. The molecule has 6 nitrogen and oxygen atoms in total. The Morgan fingerprint density at radius 1 is 0.968 bits per heavy atom. The number of nitrogens with one attached hydrogen (secondary N) is 2. The van der Waals surface area contributed by atoms with E-state index in [2.05, 4.69) is 62.0 Å². The van der Waals surface area contributed by atoms with Gasteiger partial charge in [-0.2, -0.15) is 5.10 Å². The van der Waals surface area contributed by atoms with Crippen molar-refractivity contribution in [3.8, 4) is 17.0 Å². The number of aromatic nitrogens is 2. The summed E-state index contributed by atoms with van der Waals surface area (Å²) in [7, 11) is 0. The molecule has 1 heterocycles. The van der Waals surface area contributed by atoms with Crippen molar-refractivity contribution in [3.63, 3.8) is 0 Å². The molecule has 0 unspecified atom stereocenters. The highest BCUT2D eigenvalue weighted by molar-refractivity contribution is 5.82. The van der Waals surface area contributed by atoms with Crippen LogP contribution in [0.25, 0.3) is 11.3 Å². The van der Waals surface area contributed by atoms with E-state index < -0.39 is 0 Å². The number of hydrogen-bond acceptors (Lipinski definition) is 5. The van der Waals surface area contributed by atoms with Gasteiger partial charge in [-0.15, -0.1) is 0 Å². The first-order chi connectivity index (χ1) is 14.4. The molecule has 3 N–H and O–H groups in total. The van der Waals surface area contributed by atoms with Gasteiger partial charge in [0.05, 0.1) is 11.9 Å². The van der Waals surface area contributed by atoms with Crippen LogP contribution in [0.2, 0.25) is 0 Å². The maximum absolute atomic E-state index is 12.0. The molecular formula is C25H30N4O2. The number of benzene rings is 2. The van der Waals surface area contributed by atoms with Crippen molar-refractivity contribution in [2.75, 3.05) is 5.43 Å². The summed E-state index contributed by atoms with van der Waals surface area (Å²) in [5, 5.41) is 15.1. The fourth-order valence-corrected chi connectivity index (χ4v) is 3.31. The van der Waals surface area contributed by atoms with E-state index in [1.807, 2.05) is 42.5 Å². The number of aromatic hydroxyl groups is 1. The van der Waals surface area contributed by atoms with Gasteiger partial charge in [0.25, 0.3) is 5.56 Å². The van der Waals surface area contributed by atoms with Crippen LogP contribution >= 0.6 is 0 Å². The molecular weight excluding hydrogens is 388 g/mol. The Morgan fingerprint density at radius 2 is 1.55 bits per heavy atom. The average Bonchev–Trinajstić information content (AvgIpc) is 2.67. The maximum Gasteiger partial charge on any atom is 0.252 e. The second-order valence-corrected chi connectivity index (χ2v) is 9.68. The highest BCUT2D eigenvalue weighted by atomic mass is 16.3. The summed E-state index contributed by atoms with van der Waals surface area (Å²) in [6.07, 6.45) is 1.67. The van der Waals surface area contributed by atoms with Crippen molar-refractivity contribution in [2.45, 2.75) is 52.4 Å². The molecule has 0 aliphatic heterocycles. The van der Waals surface area contributed by atoms with E-state index in [9.17, 15) is 9.90 Å². The molecule has 0 aliphatic rings. The van der Waals surface area contributed by atoms with Gasteiger partial charge in [0, 0.05) is 22.8 Å². The first-order valence-corrected chi connectivity index (χ1v) is 10.3. The van der Waals surface area contributed by atoms with Gasteiger partial charge in [0.2, 0.25) is 5.95 Å². The Hall–Kier alpha value is -3.41. The highest BCUT2D eigenvalue weighted by Gasteiger charge is 2.26. The summed E-state index contributed by atoms with van der Waals surface area (Å²) in [4.78, 5) is 19.1. The smallest absolute Gasteiger partial charge is 0.252 e. The van der Waals surface area contributed by atoms with E-state index in [0.29, 0.717) is 11.4 Å². The third-order valence-electron chi connectivity index (χ3n) is 4.94. The zero-order valence-electron chi connectivity index (χ0n) is 18.9. The number of aromatic amines is 1. The first kappa shape index (κ1) is 22.3. The minimum Gasteiger partial charge on any atom is -0.507 e. The van der Waals surface area contributed by atoms with Gasteiger partial charge in [-0.3, -0.25) is 9.78 Å². The van der Waals surface area contributed by atoms with E-state index >= 15 is 0 Å². The van der Waals surface area contributed by atoms with Crippen LogP contribution in [0, 0.1) is 0 Å². The molecule has 0 radical (unpaired) electrons. The molecule has 0 spiro atoms. The lowest BCUT2D eigenvalue weighted by atomic mass is 9.78. The number of rotatable bonds is 4. The van der Waals surface area contributed by atoms with Gasteiger partial charge in [0.15, 0.2) is 0 Å². The van der Waals surface area contributed by atoms with Crippen molar-refractivity contribution in [3.05, 3.63) is 75.6 Å². The lowest BCUT2D eigenvalue weighted by Crippen LogP contribution is -2.18. The Labute approximate surface area is 183 Å². The third kappa shape index (κ3) is 5.40. The molecule has 0 saturated carbocycles. The fourth-order valence-electron chi connectivity index (χ4n) is 3.31. The molecule has 0 bridgehead atoms. The van der Waals surface area contributed by atoms with Gasteiger partial charge >= 0.3 is 0 Å². The predicted molar refractivity (Wildman–Crippen MR) is 127 cm³/mol. The minimum atomic E-state index is -0.263. The number of phenolic OH excluding ortho intramolecular Hbond substituents is 1. The summed E-state index contributed by atoms with van der Waals surface area (Å²) in [5.74, 6) is 0.583. The first-order valence-electron chi connectivity index (χ1n) is 10.3. The van der Waals surface area contributed by atoms with Gasteiger partial charge in [-0.1, -0.05) is 71.9 Å². The van der Waals surface area contributed by atoms with Crippen LogP contribution in [0.4, 0.5) is 5.95 Å². The number of phenols is 1. The van der Waals surface area contributed by atoms with E-state index in [1.54, 1.807) is 6.21 Å². The van der Waals surface area contributed by atoms with Crippen LogP contribution in [-0.2, 0) is 10.8 Å². The quantitative estimate of drug-likeness (QED) is 0.402. The average molecular weight is 419 g/mol. The van der Waals surface area contributed by atoms with E-state index in [0.717, 1.165) is 22.3 Å². The Bertz CT molecular complexity index is 1120. The van der Waals surface area contributed by atoms with Crippen LogP contribution in [0.15, 0.2) is 58.4 Å². The number of hydrogen-bond donors (Lipinski definition) is 3. The molecule has 3 rings (SSSR count). The van der Waals surface area contributed by atoms with E-state index in [4.69, 9.17) is 0 Å². The predicted octanol–water partition coefficient (Wildman–Crippen LogP) is 5.18. The molecule has 0 aliphatic carbocycles. The maximum atomic E-state index is 12.0. The van der Waals surface area contributed by atoms with Crippen LogP contribution < -0.4 is 11.0 Å². The lowest BCUT2D eigenvalue weighted by Gasteiger charge is -2.27. The van der Waals surface area contributed by atoms with Crippen LogP contribution in [0.1, 0.15) is 58.2 Å². The van der Waals surface area contributed by atoms with E-state index in [1.165, 1.54) is 6.07 Å². The molecule has 162 valence electrons. The number of hydrazone groups is 1. The zero-order chi connectivity index (χ0) is 22.8. The lowest BCUT2D eigenvalue weighted by molar-refractivity contribution is 0.423. The normalized spacial score (nSPS) is 12.3. The third-order valence-corrected chi connectivity index (χ3v) is 4.94. The molecule has 3 aromatic rings. The standard InChI is InChI=1S/C25H30N4O2/c1-24(2,3)18-12-16(13-19(22(18)31)25(4,5)6)15-26-29-23-27-20(14-21(30)28-23)17-10-8-7-9-11-17/h7-15,31H,1-6H3,(H2,27,28,29,30)/b26-15-. The molecule has 0 saturated heterocycles. The molecule has 0 amide bonds. The van der Waals surface area contributed by atoms with Crippen molar-refractivity contribution < 1.29 is 5.11 Å². The summed E-state index contributed by atoms with van der Waals surface area (Å²) in [6.45, 7) is 12.4. The summed E-state index contributed by atoms with van der Waals surface area (Å²) < 4.78 is 0. The Kier molecular flexibility index (Phi) is 6.02. The zero-order valence-corrected chi connectivity index (χ0v) is 18.9. The van der Waals surface area contributed by atoms with E-state index in [-0.39, 0.29) is 22.3 Å². The fraction of sp³-hybridized carbons (Fsp3) is 0.320. The van der Waals surface area contributed by atoms with Gasteiger partial charge in [-0.25, -0.2) is 10.4 Å². The van der Waals surface area contributed by atoms with Crippen molar-refractivity contribution in [1.82, 2.24) is 9.97 Å². The van der Waals surface area contributed by atoms with Crippen LogP contribution in [-0.4, -0.2) is 21.3 Å². The largest absolute Gasteiger partial charge is 0.507 e. The van der Waals surface area contributed by atoms with Crippen molar-refractivity contribution in [2.24, 2.45) is 5.10 Å². The molecule has 2 aromatic carbocycles. The highest BCUT2D eigenvalue weighted by Crippen LogP contribution is 2.39. The summed E-state index contributed by atoms with van der Waals surface area (Å²) >= 11 is 0. The molecule has 0 atom stereocenters. The molecule has 0 fully saturated rings. The summed E-state index contributed by atoms with van der Waals surface area (Å²) in [5.41, 5.74) is 6.09. The topological polar surface area (TPSA) is 90.4 Å². The molecule has 31 heavy (non-hydrogen) atoms. The van der Waals surface area contributed by atoms with Gasteiger partial charge < -0.3 is 5.11 Å². The van der Waals surface area contributed by atoms with Crippen molar-refractivity contribution >= 4 is 12.2 Å². The van der Waals surface area contributed by atoms with Gasteiger partial charge in [0.1, 0.15) is 5.75 Å². The second kappa shape index (κ2) is 8.38. The SMILES string of the molecule is CC(C)(C)c1cc(/C=N\Nc2nc(-c3ccccc3)cc(=O)[nH]2)cc(C(C)(C)C)c1O. The Morgan fingerprint density at radius 3 is 2.10 bits per heavy atom. The molecule has 6 heteroatoms. The number of H-pyrrole nitrogens is 1.